The third kappa shape index (κ3) is 2.90. The van der Waals surface area contributed by atoms with Crippen molar-refractivity contribution in [1.29, 1.82) is 0 Å². The Morgan fingerprint density at radius 2 is 2.11 bits per heavy atom. The van der Waals surface area contributed by atoms with Crippen LogP contribution in [0.1, 0.15) is 32.8 Å². The van der Waals surface area contributed by atoms with Gasteiger partial charge in [0, 0.05) is 20.3 Å². The molecule has 0 bridgehead atoms. The van der Waals surface area contributed by atoms with Gasteiger partial charge in [-0.2, -0.15) is 0 Å². The maximum Gasteiger partial charge on any atom is 0.251 e. The van der Waals surface area contributed by atoms with E-state index in [1.54, 1.807) is 11.3 Å². The fraction of sp³-hybridized carbons (Fsp3) is 0.267. The van der Waals surface area contributed by atoms with Gasteiger partial charge in [-0.25, -0.2) is 0 Å². The molecule has 0 unspecified atom stereocenters. The summed E-state index contributed by atoms with van der Waals surface area (Å²) < 4.78 is 1.07. The molecule has 1 N–H and O–H groups in total. The van der Waals surface area contributed by atoms with Gasteiger partial charge in [0.05, 0.1) is 6.54 Å². The zero-order valence-electron chi connectivity index (χ0n) is 10.4. The number of hydrogen-bond acceptors (Lipinski definition) is 2. The maximum atomic E-state index is 12.1. The molecular weight excluding hydrogens is 322 g/mol. The van der Waals surface area contributed by atoms with Crippen molar-refractivity contribution in [3.8, 4) is 0 Å². The topological polar surface area (TPSA) is 29.1 Å². The first-order chi connectivity index (χ1) is 9.22. The molecule has 19 heavy (non-hydrogen) atoms. The highest BCUT2D eigenvalue weighted by atomic mass is 79.9. The van der Waals surface area contributed by atoms with Crippen molar-refractivity contribution < 1.29 is 4.79 Å². The molecule has 0 spiro atoms. The minimum absolute atomic E-state index is 0.0132. The fourth-order valence-electron chi connectivity index (χ4n) is 2.43. The minimum atomic E-state index is 0.0132. The maximum absolute atomic E-state index is 12.1. The van der Waals surface area contributed by atoms with Gasteiger partial charge in [0.1, 0.15) is 0 Å². The van der Waals surface area contributed by atoms with E-state index in [0.717, 1.165) is 27.8 Å². The van der Waals surface area contributed by atoms with E-state index in [1.165, 1.54) is 17.5 Å². The quantitative estimate of drug-likeness (QED) is 0.904. The van der Waals surface area contributed by atoms with E-state index in [2.05, 4.69) is 27.3 Å². The molecule has 0 saturated carbocycles. The summed E-state index contributed by atoms with van der Waals surface area (Å²) in [6.45, 7) is 0.589. The van der Waals surface area contributed by atoms with Crippen molar-refractivity contribution in [1.82, 2.24) is 5.32 Å². The molecule has 1 heterocycles. The highest BCUT2D eigenvalue weighted by Gasteiger charge is 2.13. The number of aryl methyl sites for hydroxylation is 2. The summed E-state index contributed by atoms with van der Waals surface area (Å²) in [6.07, 6.45) is 3.47. The van der Waals surface area contributed by atoms with Crippen LogP contribution in [0.4, 0.5) is 0 Å². The average molecular weight is 336 g/mol. The van der Waals surface area contributed by atoms with Crippen LogP contribution in [0.15, 0.2) is 34.1 Å². The Hall–Kier alpha value is -1.13. The summed E-state index contributed by atoms with van der Waals surface area (Å²) in [5.41, 5.74) is 3.52. The number of carbonyl (C=O) groups is 1. The van der Waals surface area contributed by atoms with Crippen molar-refractivity contribution >= 4 is 33.2 Å². The largest absolute Gasteiger partial charge is 0.347 e. The second-order valence-corrected chi connectivity index (χ2v) is 6.66. The van der Waals surface area contributed by atoms with Crippen LogP contribution in [0.3, 0.4) is 0 Å². The Kier molecular flexibility index (Phi) is 3.71. The van der Waals surface area contributed by atoms with Crippen LogP contribution in [-0.4, -0.2) is 5.91 Å². The molecular formula is C15H14BrNOS. The molecule has 1 aromatic heterocycles. The van der Waals surface area contributed by atoms with Crippen molar-refractivity contribution in [3.05, 3.63) is 55.7 Å². The number of halogens is 1. The molecule has 0 fully saturated rings. The Labute approximate surface area is 125 Å². The lowest BCUT2D eigenvalue weighted by atomic mass is 10.1. The normalized spacial score (nSPS) is 13.3. The lowest BCUT2D eigenvalue weighted by Gasteiger charge is -2.06. The minimum Gasteiger partial charge on any atom is -0.347 e. The summed E-state index contributed by atoms with van der Waals surface area (Å²) in [7, 11) is 0. The molecule has 1 aromatic carbocycles. The average Bonchev–Trinajstić information content (AvgIpc) is 3.03. The van der Waals surface area contributed by atoms with E-state index >= 15 is 0 Å². The standard InChI is InChI=1S/C15H14BrNOS/c16-13-7-14(19-9-13)8-17-15(18)12-5-4-10-2-1-3-11(10)6-12/h4-7,9H,1-3,8H2,(H,17,18). The van der Waals surface area contributed by atoms with Crippen LogP contribution in [0.5, 0.6) is 0 Å². The van der Waals surface area contributed by atoms with Gasteiger partial charge in [-0.1, -0.05) is 6.07 Å². The predicted molar refractivity (Wildman–Crippen MR) is 81.7 cm³/mol. The van der Waals surface area contributed by atoms with E-state index in [4.69, 9.17) is 0 Å². The van der Waals surface area contributed by atoms with Crippen molar-refractivity contribution in [2.24, 2.45) is 0 Å². The SMILES string of the molecule is O=C(NCc1cc(Br)cs1)c1ccc2c(c1)CCC2. The molecule has 3 rings (SSSR count). The van der Waals surface area contributed by atoms with Crippen molar-refractivity contribution in [3.63, 3.8) is 0 Å². The van der Waals surface area contributed by atoms with E-state index in [9.17, 15) is 4.79 Å². The molecule has 2 aromatic rings. The number of carbonyl (C=O) groups excluding carboxylic acids is 1. The van der Waals surface area contributed by atoms with Crippen LogP contribution in [0.25, 0.3) is 0 Å². The van der Waals surface area contributed by atoms with E-state index in [1.807, 2.05) is 23.6 Å². The molecule has 1 aliphatic rings. The van der Waals surface area contributed by atoms with E-state index < -0.39 is 0 Å². The van der Waals surface area contributed by atoms with Gasteiger partial charge < -0.3 is 5.32 Å². The summed E-state index contributed by atoms with van der Waals surface area (Å²) in [5.74, 6) is 0.0132. The Balaban J connectivity index is 1.67. The first kappa shape index (κ1) is 12.9. The summed E-state index contributed by atoms with van der Waals surface area (Å²) in [4.78, 5) is 13.3. The third-order valence-electron chi connectivity index (χ3n) is 3.41. The Bertz CT molecular complexity index is 620. The molecule has 2 nitrogen and oxygen atoms in total. The second kappa shape index (κ2) is 5.47. The van der Waals surface area contributed by atoms with Crippen LogP contribution in [0.2, 0.25) is 0 Å². The van der Waals surface area contributed by atoms with Crippen molar-refractivity contribution in [2.75, 3.05) is 0 Å². The number of fused-ring (bicyclic) bond motifs is 1. The van der Waals surface area contributed by atoms with Gasteiger partial charge in [0.2, 0.25) is 0 Å². The van der Waals surface area contributed by atoms with E-state index in [0.29, 0.717) is 6.54 Å². The monoisotopic (exact) mass is 335 g/mol. The molecule has 0 radical (unpaired) electrons. The molecule has 0 saturated heterocycles. The number of amides is 1. The molecule has 98 valence electrons. The smallest absolute Gasteiger partial charge is 0.251 e. The van der Waals surface area contributed by atoms with Gasteiger partial charge in [0.15, 0.2) is 0 Å². The van der Waals surface area contributed by atoms with E-state index in [-0.39, 0.29) is 5.91 Å². The third-order valence-corrected chi connectivity index (χ3v) is 5.10. The zero-order chi connectivity index (χ0) is 13.2. The first-order valence-electron chi connectivity index (χ1n) is 6.35. The Morgan fingerprint density at radius 1 is 1.26 bits per heavy atom. The van der Waals surface area contributed by atoms with Gasteiger partial charge in [0.25, 0.3) is 5.91 Å². The first-order valence-corrected chi connectivity index (χ1v) is 8.02. The van der Waals surface area contributed by atoms with Gasteiger partial charge >= 0.3 is 0 Å². The van der Waals surface area contributed by atoms with Gasteiger partial charge in [-0.15, -0.1) is 11.3 Å². The van der Waals surface area contributed by atoms with Crippen LogP contribution in [-0.2, 0) is 19.4 Å². The highest BCUT2D eigenvalue weighted by molar-refractivity contribution is 9.10. The summed E-state index contributed by atoms with van der Waals surface area (Å²) in [6, 6.07) is 8.11. The van der Waals surface area contributed by atoms with Crippen molar-refractivity contribution in [2.45, 2.75) is 25.8 Å². The molecule has 1 aliphatic carbocycles. The Morgan fingerprint density at radius 3 is 2.89 bits per heavy atom. The number of benzene rings is 1. The van der Waals surface area contributed by atoms with Gasteiger partial charge in [-0.05, 0) is 64.5 Å². The summed E-state index contributed by atoms with van der Waals surface area (Å²) in [5, 5.41) is 5.00. The second-order valence-electron chi connectivity index (χ2n) is 4.75. The van der Waals surface area contributed by atoms with Crippen LogP contribution >= 0.6 is 27.3 Å². The molecule has 1 amide bonds. The fourth-order valence-corrected chi connectivity index (χ4v) is 3.82. The molecule has 0 atom stereocenters. The zero-order valence-corrected chi connectivity index (χ0v) is 12.8. The lowest BCUT2D eigenvalue weighted by molar-refractivity contribution is 0.0951. The number of hydrogen-bond donors (Lipinski definition) is 1. The number of nitrogens with one attached hydrogen (secondary N) is 1. The highest BCUT2D eigenvalue weighted by Crippen LogP contribution is 2.23. The number of thiophene rings is 1. The van der Waals surface area contributed by atoms with Crippen LogP contribution < -0.4 is 5.32 Å². The van der Waals surface area contributed by atoms with Crippen LogP contribution in [0, 0.1) is 0 Å². The number of rotatable bonds is 3. The molecule has 0 aliphatic heterocycles. The summed E-state index contributed by atoms with van der Waals surface area (Å²) >= 11 is 5.06. The predicted octanol–water partition coefficient (Wildman–Crippen LogP) is 3.93. The lowest BCUT2D eigenvalue weighted by Crippen LogP contribution is -2.22. The molecule has 4 heteroatoms. The van der Waals surface area contributed by atoms with Gasteiger partial charge in [-0.3, -0.25) is 4.79 Å².